The summed E-state index contributed by atoms with van der Waals surface area (Å²) in [7, 11) is 0. The summed E-state index contributed by atoms with van der Waals surface area (Å²) in [4.78, 5) is 10.9. The molecule has 0 aromatic carbocycles. The van der Waals surface area contributed by atoms with Crippen LogP contribution < -0.4 is 0 Å². The summed E-state index contributed by atoms with van der Waals surface area (Å²) in [5, 5.41) is 0. The highest BCUT2D eigenvalue weighted by Gasteiger charge is 2.02. The molecule has 0 unspecified atom stereocenters. The first-order valence-electron chi connectivity index (χ1n) is 3.06. The Morgan fingerprint density at radius 1 is 1.30 bits per heavy atom. The van der Waals surface area contributed by atoms with Crippen molar-refractivity contribution < 1.29 is 4.79 Å². The van der Waals surface area contributed by atoms with Crippen molar-refractivity contribution in [1.29, 1.82) is 0 Å². The molecule has 0 aromatic rings. The molecule has 0 spiro atoms. The summed E-state index contributed by atoms with van der Waals surface area (Å²) in [5.41, 5.74) is 0.692. The molecule has 0 bridgehead atoms. The zero-order valence-corrected chi connectivity index (χ0v) is 5.58. The van der Waals surface area contributed by atoms with Crippen molar-refractivity contribution in [1.82, 2.24) is 0 Å². The molecule has 1 nitrogen and oxygen atoms in total. The van der Waals surface area contributed by atoms with Gasteiger partial charge in [0.05, 0.1) is 0 Å². The normalized spacial score (nSPS) is 20.0. The largest absolute Gasteiger partial charge is 0.289 e. The van der Waals surface area contributed by atoms with E-state index in [0.717, 1.165) is 0 Å². The van der Waals surface area contributed by atoms with Crippen LogP contribution in [0, 0.1) is 0 Å². The lowest BCUT2D eigenvalue weighted by molar-refractivity contribution is -0.111. The lowest BCUT2D eigenvalue weighted by atomic mass is 10.1. The minimum atomic E-state index is 0.0439. The molecule has 0 saturated carbocycles. The standard InChI is InChI=1S/C9H8O/c1-2-5-8-6-3-4-7-9(8)10/h2-7H,1H2/b8-5-. The minimum absolute atomic E-state index is 0.0439. The molecule has 0 heterocycles. The quantitative estimate of drug-likeness (QED) is 0.497. The first-order valence-corrected chi connectivity index (χ1v) is 3.06. The number of hydrogen-bond donors (Lipinski definition) is 0. The molecule has 0 saturated heterocycles. The maximum Gasteiger partial charge on any atom is 0.185 e. The van der Waals surface area contributed by atoms with Gasteiger partial charge >= 0.3 is 0 Å². The maximum absolute atomic E-state index is 10.9. The Hall–Kier alpha value is -1.37. The Balaban J connectivity index is 2.90. The van der Waals surface area contributed by atoms with Crippen molar-refractivity contribution >= 4 is 5.78 Å². The van der Waals surface area contributed by atoms with Gasteiger partial charge in [-0.25, -0.2) is 0 Å². The van der Waals surface area contributed by atoms with Crippen LogP contribution in [0.5, 0.6) is 0 Å². The molecule has 10 heavy (non-hydrogen) atoms. The third kappa shape index (κ3) is 1.32. The fraction of sp³-hybridized carbons (Fsp3) is 0. The number of hydrogen-bond acceptors (Lipinski definition) is 1. The third-order valence-corrected chi connectivity index (χ3v) is 1.22. The Morgan fingerprint density at radius 3 is 2.60 bits per heavy atom. The number of carbonyl (C=O) groups is 1. The summed E-state index contributed by atoms with van der Waals surface area (Å²) < 4.78 is 0. The molecule has 0 radical (unpaired) electrons. The second-order valence-corrected chi connectivity index (χ2v) is 1.94. The van der Waals surface area contributed by atoms with Gasteiger partial charge in [0.2, 0.25) is 0 Å². The molecule has 0 N–H and O–H groups in total. The monoisotopic (exact) mass is 132 g/mol. The average Bonchev–Trinajstić information content (AvgIpc) is 1.94. The summed E-state index contributed by atoms with van der Waals surface area (Å²) >= 11 is 0. The van der Waals surface area contributed by atoms with Crippen LogP contribution in [0.15, 0.2) is 48.6 Å². The zero-order chi connectivity index (χ0) is 7.40. The Kier molecular flexibility index (Phi) is 2.00. The fourth-order valence-electron chi connectivity index (χ4n) is 0.745. The molecule has 1 aliphatic carbocycles. The van der Waals surface area contributed by atoms with Gasteiger partial charge in [0.25, 0.3) is 0 Å². The van der Waals surface area contributed by atoms with E-state index >= 15 is 0 Å². The predicted octanol–water partition coefficient (Wildman–Crippen LogP) is 1.79. The smallest absolute Gasteiger partial charge is 0.185 e. The van der Waals surface area contributed by atoms with Gasteiger partial charge in [-0.1, -0.05) is 37.0 Å². The van der Waals surface area contributed by atoms with Crippen LogP contribution in [0.2, 0.25) is 0 Å². The first-order chi connectivity index (χ1) is 4.84. The molecular formula is C9H8O. The van der Waals surface area contributed by atoms with E-state index < -0.39 is 0 Å². The van der Waals surface area contributed by atoms with Gasteiger partial charge in [-0.2, -0.15) is 0 Å². The first kappa shape index (κ1) is 6.75. The third-order valence-electron chi connectivity index (χ3n) is 1.22. The summed E-state index contributed by atoms with van der Waals surface area (Å²) in [6.07, 6.45) is 10.2. The Labute approximate surface area is 60.1 Å². The average molecular weight is 132 g/mol. The molecule has 0 aromatic heterocycles. The summed E-state index contributed by atoms with van der Waals surface area (Å²) in [6.45, 7) is 3.50. The van der Waals surface area contributed by atoms with E-state index in [9.17, 15) is 4.79 Å². The van der Waals surface area contributed by atoms with Crippen LogP contribution in [0.4, 0.5) is 0 Å². The topological polar surface area (TPSA) is 17.1 Å². The molecule has 0 amide bonds. The minimum Gasteiger partial charge on any atom is -0.289 e. The molecular weight excluding hydrogens is 124 g/mol. The van der Waals surface area contributed by atoms with E-state index in [-0.39, 0.29) is 5.78 Å². The van der Waals surface area contributed by atoms with Gasteiger partial charge in [0, 0.05) is 5.57 Å². The molecule has 1 aliphatic rings. The van der Waals surface area contributed by atoms with Crippen molar-refractivity contribution in [2.45, 2.75) is 0 Å². The van der Waals surface area contributed by atoms with Gasteiger partial charge in [-0.3, -0.25) is 4.79 Å². The Morgan fingerprint density at radius 2 is 2.00 bits per heavy atom. The van der Waals surface area contributed by atoms with E-state index in [1.807, 2.05) is 6.08 Å². The summed E-state index contributed by atoms with van der Waals surface area (Å²) in [5.74, 6) is 0.0439. The van der Waals surface area contributed by atoms with Crippen molar-refractivity contribution in [3.63, 3.8) is 0 Å². The maximum atomic E-state index is 10.9. The van der Waals surface area contributed by atoms with Crippen LogP contribution in [0.25, 0.3) is 0 Å². The van der Waals surface area contributed by atoms with Crippen LogP contribution >= 0.6 is 0 Å². The number of rotatable bonds is 1. The van der Waals surface area contributed by atoms with E-state index in [1.54, 1.807) is 24.3 Å². The van der Waals surface area contributed by atoms with Gasteiger partial charge in [0.1, 0.15) is 0 Å². The van der Waals surface area contributed by atoms with Gasteiger partial charge in [-0.05, 0) is 6.08 Å². The molecule has 0 fully saturated rings. The van der Waals surface area contributed by atoms with Crippen molar-refractivity contribution in [2.24, 2.45) is 0 Å². The van der Waals surface area contributed by atoms with E-state index in [4.69, 9.17) is 0 Å². The number of ketones is 1. The van der Waals surface area contributed by atoms with Gasteiger partial charge in [0.15, 0.2) is 5.78 Å². The highest BCUT2D eigenvalue weighted by atomic mass is 16.1. The SMILES string of the molecule is C=C/C=C1/C=CC=CC1=O. The highest BCUT2D eigenvalue weighted by molar-refractivity contribution is 6.07. The van der Waals surface area contributed by atoms with Crippen molar-refractivity contribution in [3.05, 3.63) is 48.6 Å². The van der Waals surface area contributed by atoms with Gasteiger partial charge in [-0.15, -0.1) is 0 Å². The van der Waals surface area contributed by atoms with Crippen LogP contribution in [-0.4, -0.2) is 5.78 Å². The molecule has 0 atom stereocenters. The molecule has 0 aliphatic heterocycles. The Bertz CT molecular complexity index is 241. The van der Waals surface area contributed by atoms with E-state index in [2.05, 4.69) is 6.58 Å². The molecule has 1 heteroatoms. The lowest BCUT2D eigenvalue weighted by Crippen LogP contribution is -1.97. The van der Waals surface area contributed by atoms with Gasteiger partial charge < -0.3 is 0 Å². The fourth-order valence-corrected chi connectivity index (χ4v) is 0.745. The highest BCUT2D eigenvalue weighted by Crippen LogP contribution is 2.05. The van der Waals surface area contributed by atoms with E-state index in [1.165, 1.54) is 6.08 Å². The van der Waals surface area contributed by atoms with Crippen molar-refractivity contribution in [2.75, 3.05) is 0 Å². The van der Waals surface area contributed by atoms with Crippen molar-refractivity contribution in [3.8, 4) is 0 Å². The van der Waals surface area contributed by atoms with Crippen LogP contribution in [0.3, 0.4) is 0 Å². The summed E-state index contributed by atoms with van der Waals surface area (Å²) in [6, 6.07) is 0. The van der Waals surface area contributed by atoms with Crippen LogP contribution in [-0.2, 0) is 4.79 Å². The zero-order valence-electron chi connectivity index (χ0n) is 5.58. The van der Waals surface area contributed by atoms with E-state index in [0.29, 0.717) is 5.57 Å². The molecule has 50 valence electrons. The predicted molar refractivity (Wildman–Crippen MR) is 41.6 cm³/mol. The second kappa shape index (κ2) is 2.97. The number of allylic oxidation sites excluding steroid dienone is 7. The second-order valence-electron chi connectivity index (χ2n) is 1.94. The lowest BCUT2D eigenvalue weighted by Gasteiger charge is -1.97. The van der Waals surface area contributed by atoms with Crippen LogP contribution in [0.1, 0.15) is 0 Å². The molecule has 1 rings (SSSR count). The number of carbonyl (C=O) groups excluding carboxylic acids is 1.